The highest BCUT2D eigenvalue weighted by molar-refractivity contribution is 6.18. The molecule has 3 aromatic heterocycles. The van der Waals surface area contributed by atoms with E-state index in [2.05, 4.69) is 24.8 Å². The zero-order chi connectivity index (χ0) is 19.3. The van der Waals surface area contributed by atoms with Gasteiger partial charge in [-0.25, -0.2) is 9.97 Å². The van der Waals surface area contributed by atoms with Crippen molar-refractivity contribution in [1.82, 2.24) is 19.9 Å². The van der Waals surface area contributed by atoms with Crippen LogP contribution in [0.25, 0.3) is 10.9 Å². The van der Waals surface area contributed by atoms with Crippen LogP contribution in [0.5, 0.6) is 0 Å². The first-order chi connectivity index (χ1) is 13.7. The molecule has 3 atom stereocenters. The smallest absolute Gasteiger partial charge is 0.154 e. The van der Waals surface area contributed by atoms with Gasteiger partial charge in [0, 0.05) is 36.4 Å². The molecule has 0 bridgehead atoms. The van der Waals surface area contributed by atoms with Gasteiger partial charge in [0.1, 0.15) is 11.5 Å². The van der Waals surface area contributed by atoms with Gasteiger partial charge < -0.3 is 16.4 Å². The minimum atomic E-state index is 0.235. The van der Waals surface area contributed by atoms with Gasteiger partial charge in [0.25, 0.3) is 0 Å². The molecule has 8 heteroatoms. The Morgan fingerprint density at radius 1 is 1.18 bits per heavy atom. The molecule has 0 aromatic carbocycles. The number of nitrogen functional groups attached to an aromatic ring is 1. The highest BCUT2D eigenvalue weighted by atomic mass is 15.2. The standard InChI is InChI=1S/C20H22N8/c21-7-14-11-3-6-28(10-15(11)14)17-9-26-19(20(23)27-17)18(22)13-2-5-25-16-8-24-4-1-12(13)16/h1-2,4-5,8-9,11,14-15,22H,3,6-7,10,21H2,(H2,23,27). The summed E-state index contributed by atoms with van der Waals surface area (Å²) in [6.45, 7) is 2.67. The van der Waals surface area contributed by atoms with Crippen molar-refractivity contribution in [3.63, 3.8) is 0 Å². The third-order valence-electron chi connectivity index (χ3n) is 6.11. The lowest BCUT2D eigenvalue weighted by atomic mass is 10.0. The Labute approximate surface area is 162 Å². The highest BCUT2D eigenvalue weighted by Gasteiger charge is 2.51. The molecular weight excluding hydrogens is 352 g/mol. The van der Waals surface area contributed by atoms with E-state index in [1.54, 1.807) is 30.9 Å². The summed E-state index contributed by atoms with van der Waals surface area (Å²) in [5.41, 5.74) is 14.1. The van der Waals surface area contributed by atoms with Gasteiger partial charge in [-0.05, 0) is 42.9 Å². The first-order valence-corrected chi connectivity index (χ1v) is 9.53. The van der Waals surface area contributed by atoms with Crippen LogP contribution in [-0.2, 0) is 0 Å². The molecule has 5 N–H and O–H groups in total. The quantitative estimate of drug-likeness (QED) is 0.589. The molecule has 5 rings (SSSR count). The Kier molecular flexibility index (Phi) is 3.94. The molecule has 8 nitrogen and oxygen atoms in total. The summed E-state index contributed by atoms with van der Waals surface area (Å²) in [5, 5.41) is 9.48. The van der Waals surface area contributed by atoms with Crippen LogP contribution in [-0.4, -0.2) is 45.3 Å². The molecule has 3 unspecified atom stereocenters. The molecule has 28 heavy (non-hydrogen) atoms. The Bertz CT molecular complexity index is 1060. The number of nitrogens with zero attached hydrogens (tertiary/aromatic N) is 5. The summed E-state index contributed by atoms with van der Waals surface area (Å²) in [7, 11) is 0. The van der Waals surface area contributed by atoms with E-state index in [1.165, 1.54) is 0 Å². The molecule has 2 aliphatic rings. The second-order valence-electron chi connectivity index (χ2n) is 7.55. The number of fused-ring (bicyclic) bond motifs is 2. The van der Waals surface area contributed by atoms with Crippen LogP contribution in [0.2, 0.25) is 0 Å². The maximum atomic E-state index is 8.64. The van der Waals surface area contributed by atoms with E-state index < -0.39 is 0 Å². The predicted molar refractivity (Wildman–Crippen MR) is 108 cm³/mol. The fourth-order valence-electron chi connectivity index (χ4n) is 4.51. The van der Waals surface area contributed by atoms with E-state index in [4.69, 9.17) is 16.9 Å². The van der Waals surface area contributed by atoms with Crippen molar-refractivity contribution in [1.29, 1.82) is 5.41 Å². The van der Waals surface area contributed by atoms with Gasteiger partial charge in [-0.3, -0.25) is 15.4 Å². The van der Waals surface area contributed by atoms with Gasteiger partial charge in [0.15, 0.2) is 5.82 Å². The number of rotatable bonds is 4. The van der Waals surface area contributed by atoms with E-state index in [1.807, 2.05) is 6.07 Å². The minimum Gasteiger partial charge on any atom is -0.382 e. The molecule has 1 saturated carbocycles. The summed E-state index contributed by atoms with van der Waals surface area (Å²) in [4.78, 5) is 19.7. The summed E-state index contributed by atoms with van der Waals surface area (Å²) in [6, 6.07) is 3.64. The number of piperidine rings is 1. The molecule has 4 heterocycles. The molecule has 0 amide bonds. The number of anilines is 2. The van der Waals surface area contributed by atoms with E-state index in [-0.39, 0.29) is 11.5 Å². The van der Waals surface area contributed by atoms with Crippen molar-refractivity contribution in [2.75, 3.05) is 30.3 Å². The van der Waals surface area contributed by atoms with Gasteiger partial charge in [-0.15, -0.1) is 0 Å². The predicted octanol–water partition coefficient (Wildman–Crippen LogP) is 1.45. The lowest BCUT2D eigenvalue weighted by molar-refractivity contribution is 0.546. The SMILES string of the molecule is N=C(c1ncc(N2CCC3C(CN)C3C2)nc1N)c1ccnc2cnccc12. The second kappa shape index (κ2) is 6.49. The van der Waals surface area contributed by atoms with Crippen LogP contribution >= 0.6 is 0 Å². The Morgan fingerprint density at radius 2 is 2.07 bits per heavy atom. The fourth-order valence-corrected chi connectivity index (χ4v) is 4.51. The zero-order valence-corrected chi connectivity index (χ0v) is 15.4. The average molecular weight is 374 g/mol. The van der Waals surface area contributed by atoms with Crippen LogP contribution in [0.3, 0.4) is 0 Å². The number of aromatic nitrogens is 4. The maximum absolute atomic E-state index is 8.64. The molecule has 0 spiro atoms. The largest absolute Gasteiger partial charge is 0.382 e. The van der Waals surface area contributed by atoms with Gasteiger partial charge in [0.2, 0.25) is 0 Å². The van der Waals surface area contributed by atoms with Crippen LogP contribution in [0.4, 0.5) is 11.6 Å². The van der Waals surface area contributed by atoms with Crippen molar-refractivity contribution in [3.8, 4) is 0 Å². The van der Waals surface area contributed by atoms with Crippen LogP contribution in [0, 0.1) is 23.2 Å². The number of hydrogen-bond acceptors (Lipinski definition) is 8. The topological polar surface area (TPSA) is 131 Å². The summed E-state index contributed by atoms with van der Waals surface area (Å²) >= 11 is 0. The van der Waals surface area contributed by atoms with Crippen molar-refractivity contribution in [2.24, 2.45) is 23.5 Å². The third kappa shape index (κ3) is 2.68. The van der Waals surface area contributed by atoms with Crippen LogP contribution in [0.15, 0.2) is 36.9 Å². The lowest BCUT2D eigenvalue weighted by Crippen LogP contribution is -2.32. The molecule has 1 saturated heterocycles. The third-order valence-corrected chi connectivity index (χ3v) is 6.11. The molecule has 0 radical (unpaired) electrons. The normalized spacial score (nSPS) is 23.5. The van der Waals surface area contributed by atoms with Crippen molar-refractivity contribution < 1.29 is 0 Å². The number of nitrogens with two attached hydrogens (primary N) is 2. The van der Waals surface area contributed by atoms with Crippen LogP contribution < -0.4 is 16.4 Å². The molecule has 1 aliphatic heterocycles. The van der Waals surface area contributed by atoms with Gasteiger partial charge >= 0.3 is 0 Å². The number of pyridine rings is 2. The first-order valence-electron chi connectivity index (χ1n) is 9.53. The number of hydrogen-bond donors (Lipinski definition) is 3. The molecule has 2 fully saturated rings. The molecular formula is C20H22N8. The van der Waals surface area contributed by atoms with E-state index in [0.29, 0.717) is 23.1 Å². The molecule has 3 aromatic rings. The molecule has 1 aliphatic carbocycles. The highest BCUT2D eigenvalue weighted by Crippen LogP contribution is 2.51. The van der Waals surface area contributed by atoms with Crippen molar-refractivity contribution >= 4 is 28.3 Å². The summed E-state index contributed by atoms with van der Waals surface area (Å²) < 4.78 is 0. The molecule has 142 valence electrons. The minimum absolute atomic E-state index is 0.235. The van der Waals surface area contributed by atoms with Crippen LogP contribution in [0.1, 0.15) is 17.7 Å². The Morgan fingerprint density at radius 3 is 2.89 bits per heavy atom. The van der Waals surface area contributed by atoms with E-state index in [9.17, 15) is 0 Å². The summed E-state index contributed by atoms with van der Waals surface area (Å²) in [6.07, 6.45) is 7.91. The maximum Gasteiger partial charge on any atom is 0.154 e. The van der Waals surface area contributed by atoms with E-state index >= 15 is 0 Å². The second-order valence-corrected chi connectivity index (χ2v) is 7.55. The monoisotopic (exact) mass is 374 g/mol. The zero-order valence-electron chi connectivity index (χ0n) is 15.4. The van der Waals surface area contributed by atoms with E-state index in [0.717, 1.165) is 48.7 Å². The van der Waals surface area contributed by atoms with Crippen molar-refractivity contribution in [2.45, 2.75) is 6.42 Å². The summed E-state index contributed by atoms with van der Waals surface area (Å²) in [5.74, 6) is 3.14. The average Bonchev–Trinajstić information content (AvgIpc) is 3.45. The first kappa shape index (κ1) is 17.0. The Hall–Kier alpha value is -3.13. The van der Waals surface area contributed by atoms with Gasteiger partial charge in [-0.2, -0.15) is 0 Å². The fraction of sp³-hybridized carbons (Fsp3) is 0.350. The Balaban J connectivity index is 1.43. The van der Waals surface area contributed by atoms with Gasteiger partial charge in [-0.1, -0.05) is 0 Å². The van der Waals surface area contributed by atoms with Gasteiger partial charge in [0.05, 0.1) is 23.6 Å². The lowest BCUT2D eigenvalue weighted by Gasteiger charge is -2.27. The number of nitrogens with one attached hydrogen (secondary N) is 1. The van der Waals surface area contributed by atoms with Crippen molar-refractivity contribution in [3.05, 3.63) is 48.2 Å².